The zero-order chi connectivity index (χ0) is 24.1. The minimum Gasteiger partial charge on any atom is -0.505 e. The number of carbonyl (C=O) groups is 1. The van der Waals surface area contributed by atoms with Crippen LogP contribution in [-0.4, -0.2) is 15.2 Å². The molecule has 0 aliphatic carbocycles. The topological polar surface area (TPSA) is 78.4 Å². The fraction of sp³-hybridized carbons (Fsp3) is 0.0952. The van der Waals surface area contributed by atoms with E-state index in [2.05, 4.69) is 10.0 Å². The predicted molar refractivity (Wildman–Crippen MR) is 111 cm³/mol. The molecule has 3 N–H and O–H groups in total. The average Bonchev–Trinajstić information content (AvgIpc) is 2.74. The van der Waals surface area contributed by atoms with E-state index in [-0.39, 0.29) is 32.2 Å². The second-order valence-corrected chi connectivity index (χ2v) is 8.63. The Hall–Kier alpha value is -3.18. The van der Waals surface area contributed by atoms with Crippen molar-refractivity contribution in [3.05, 3.63) is 75.8 Å². The zero-order valence-electron chi connectivity index (χ0n) is 16.2. The number of aromatic hydroxyl groups is 1. The van der Waals surface area contributed by atoms with Crippen LogP contribution in [0.15, 0.2) is 47.4 Å². The lowest BCUT2D eigenvalue weighted by Crippen LogP contribution is -2.23. The lowest BCUT2D eigenvalue weighted by Gasteiger charge is -2.16. The summed E-state index contributed by atoms with van der Waals surface area (Å²) in [7, 11) is -2.34. The molecule has 0 saturated heterocycles. The summed E-state index contributed by atoms with van der Waals surface area (Å²) < 4.78 is 83.9. The van der Waals surface area contributed by atoms with Crippen molar-refractivity contribution in [1.29, 1.82) is 0 Å². The highest BCUT2D eigenvalue weighted by Gasteiger charge is 2.31. The van der Waals surface area contributed by atoms with Crippen molar-refractivity contribution in [2.45, 2.75) is 17.6 Å². The number of nitrogens with one attached hydrogen (secondary N) is 2. The van der Waals surface area contributed by atoms with Gasteiger partial charge in [0, 0.05) is 23.7 Å². The van der Waals surface area contributed by atoms with Gasteiger partial charge in [-0.2, -0.15) is 13.2 Å². The molecule has 0 aromatic heterocycles. The first-order valence-electron chi connectivity index (χ1n) is 9.14. The number of fused-ring (bicyclic) bond motifs is 6. The molecule has 4 rings (SSSR count). The van der Waals surface area contributed by atoms with Crippen LogP contribution in [0, 0.1) is 11.6 Å². The Bertz CT molecular complexity index is 1330. The monoisotopic (exact) mass is 502 g/mol. The van der Waals surface area contributed by atoms with Crippen LogP contribution < -0.4 is 10.0 Å². The van der Waals surface area contributed by atoms with Gasteiger partial charge in [0.1, 0.15) is 16.5 Å². The first kappa shape index (κ1) is 23.0. The lowest BCUT2D eigenvalue weighted by atomic mass is 9.96. The molecule has 3 aromatic carbocycles. The molecule has 1 amide bonds. The largest absolute Gasteiger partial charge is 0.505 e. The number of benzene rings is 3. The van der Waals surface area contributed by atoms with Gasteiger partial charge in [0.05, 0.1) is 16.3 Å². The van der Waals surface area contributed by atoms with Crippen molar-refractivity contribution in [1.82, 2.24) is 5.32 Å². The summed E-state index contributed by atoms with van der Waals surface area (Å²) in [6.07, 6.45) is -4.70. The van der Waals surface area contributed by atoms with E-state index in [4.69, 9.17) is 11.6 Å². The second-order valence-electron chi connectivity index (χ2n) is 7.04. The van der Waals surface area contributed by atoms with Crippen molar-refractivity contribution in [3.8, 4) is 16.9 Å². The molecular weight excluding hydrogens is 491 g/mol. The Morgan fingerprint density at radius 1 is 1.00 bits per heavy atom. The van der Waals surface area contributed by atoms with Gasteiger partial charge in [0.2, 0.25) is 0 Å². The Morgan fingerprint density at radius 3 is 2.42 bits per heavy atom. The third-order valence-electron chi connectivity index (χ3n) is 4.91. The lowest BCUT2D eigenvalue weighted by molar-refractivity contribution is -0.137. The van der Waals surface area contributed by atoms with Gasteiger partial charge in [-0.25, -0.2) is 13.0 Å². The van der Waals surface area contributed by atoms with Gasteiger partial charge in [-0.05, 0) is 41.5 Å². The van der Waals surface area contributed by atoms with Gasteiger partial charge in [-0.15, -0.1) is 0 Å². The number of alkyl halides is 3. The molecule has 5 nitrogen and oxygen atoms in total. The summed E-state index contributed by atoms with van der Waals surface area (Å²) in [4.78, 5) is 12.3. The van der Waals surface area contributed by atoms with Crippen molar-refractivity contribution >= 4 is 34.2 Å². The Morgan fingerprint density at radius 2 is 1.73 bits per heavy atom. The molecule has 33 heavy (non-hydrogen) atoms. The van der Waals surface area contributed by atoms with Crippen LogP contribution in [0.4, 0.5) is 27.6 Å². The predicted octanol–water partition coefficient (Wildman–Crippen LogP) is 5.39. The highest BCUT2D eigenvalue weighted by atomic mass is 35.5. The highest BCUT2D eigenvalue weighted by molar-refractivity contribution is 7.86. The summed E-state index contributed by atoms with van der Waals surface area (Å²) in [5, 5.41) is 12.2. The van der Waals surface area contributed by atoms with Crippen LogP contribution >= 0.6 is 11.6 Å². The van der Waals surface area contributed by atoms with Crippen molar-refractivity contribution in [2.75, 3.05) is 4.72 Å². The summed E-state index contributed by atoms with van der Waals surface area (Å²) in [6, 6.07) is 6.01. The number of phenolic OH excluding ortho intramolecular Hbond substituents is 1. The maximum Gasteiger partial charge on any atom is 0.416 e. The van der Waals surface area contributed by atoms with Gasteiger partial charge in [-0.3, -0.25) is 9.52 Å². The minimum atomic E-state index is -4.70. The average molecular weight is 503 g/mol. The molecule has 3 aromatic rings. The SMILES string of the molecule is O=C1NCc2cc(C(F)(F)F)ccc2-c2cc(c(F)cc2F)NS(=O)c2cc1cc(Cl)c2O. The maximum absolute atomic E-state index is 14.7. The molecule has 4 bridgehead atoms. The maximum atomic E-state index is 14.7. The van der Waals surface area contributed by atoms with Crippen LogP contribution in [0.25, 0.3) is 11.1 Å². The second kappa shape index (κ2) is 8.31. The van der Waals surface area contributed by atoms with Crippen LogP contribution in [0.2, 0.25) is 5.02 Å². The molecule has 12 heteroatoms. The standard InChI is InChI=1S/C21H12ClF5N2O3S/c22-14-4-9-5-18(19(14)30)33(32)29-17-6-13(15(23)7-16(17)24)12-2-1-11(21(25,26)27)3-10(12)8-28-20(9)31/h1-7,29-30H,8H2,(H,28,31). The number of rotatable bonds is 0. The van der Waals surface area contributed by atoms with Gasteiger partial charge in [0.15, 0.2) is 16.7 Å². The van der Waals surface area contributed by atoms with E-state index in [1.165, 1.54) is 0 Å². The van der Waals surface area contributed by atoms with E-state index in [1.807, 2.05) is 0 Å². The Kier molecular flexibility index (Phi) is 5.79. The molecule has 0 radical (unpaired) electrons. The molecule has 1 aliphatic rings. The third kappa shape index (κ3) is 4.38. The van der Waals surface area contributed by atoms with E-state index in [1.54, 1.807) is 0 Å². The fourth-order valence-electron chi connectivity index (χ4n) is 3.29. The van der Waals surface area contributed by atoms with Gasteiger partial charge >= 0.3 is 6.18 Å². The number of phenols is 1. The van der Waals surface area contributed by atoms with Crippen LogP contribution in [0.5, 0.6) is 5.75 Å². The first-order chi connectivity index (χ1) is 15.5. The third-order valence-corrected chi connectivity index (χ3v) is 6.32. The van der Waals surface area contributed by atoms with Gasteiger partial charge in [0.25, 0.3) is 5.91 Å². The molecule has 1 atom stereocenters. The Balaban J connectivity index is 1.97. The number of carbonyl (C=O) groups excluding carboxylic acids is 1. The number of amides is 1. The highest BCUT2D eigenvalue weighted by Crippen LogP contribution is 2.37. The quantitative estimate of drug-likeness (QED) is 0.361. The number of hydrogen-bond donors (Lipinski definition) is 3. The van der Waals surface area contributed by atoms with Crippen molar-refractivity contribution in [3.63, 3.8) is 0 Å². The van der Waals surface area contributed by atoms with E-state index >= 15 is 0 Å². The van der Waals surface area contributed by atoms with Crippen molar-refractivity contribution < 1.29 is 36.1 Å². The number of halogens is 6. The Labute approximate surface area is 190 Å². The molecule has 0 fully saturated rings. The molecular formula is C21H12ClF5N2O3S. The number of anilines is 1. The summed E-state index contributed by atoms with van der Waals surface area (Å²) in [5.41, 5.74) is -2.07. The van der Waals surface area contributed by atoms with Crippen LogP contribution in [0.3, 0.4) is 0 Å². The summed E-state index contributed by atoms with van der Waals surface area (Å²) in [5.74, 6) is -3.66. The smallest absolute Gasteiger partial charge is 0.416 e. The molecule has 172 valence electrons. The van der Waals surface area contributed by atoms with Crippen LogP contribution in [-0.2, 0) is 23.7 Å². The summed E-state index contributed by atoms with van der Waals surface area (Å²) in [6.45, 7) is -0.450. The van der Waals surface area contributed by atoms with E-state index in [0.717, 1.165) is 36.4 Å². The molecule has 1 heterocycles. The number of hydrogen-bond acceptors (Lipinski definition) is 3. The van der Waals surface area contributed by atoms with Gasteiger partial charge in [-0.1, -0.05) is 17.7 Å². The molecule has 0 spiro atoms. The molecule has 1 aliphatic heterocycles. The molecule has 1 unspecified atom stereocenters. The summed E-state index contributed by atoms with van der Waals surface area (Å²) >= 11 is 5.92. The zero-order valence-corrected chi connectivity index (χ0v) is 17.8. The fourth-order valence-corrected chi connectivity index (χ4v) is 4.55. The van der Waals surface area contributed by atoms with E-state index < -0.39 is 58.2 Å². The first-order valence-corrected chi connectivity index (χ1v) is 10.7. The molecule has 0 saturated carbocycles. The van der Waals surface area contributed by atoms with Crippen LogP contribution in [0.1, 0.15) is 21.5 Å². The van der Waals surface area contributed by atoms with Gasteiger partial charge < -0.3 is 10.4 Å². The van der Waals surface area contributed by atoms with E-state index in [0.29, 0.717) is 6.07 Å². The minimum absolute atomic E-state index is 0.0403. The van der Waals surface area contributed by atoms with E-state index in [9.17, 15) is 36.1 Å². The normalized spacial score (nSPS) is 15.9. The van der Waals surface area contributed by atoms with Crippen molar-refractivity contribution in [2.24, 2.45) is 0 Å².